The van der Waals surface area contributed by atoms with Gasteiger partial charge in [-0.05, 0) is 38.0 Å². The molecule has 0 aliphatic rings. The third-order valence-electron chi connectivity index (χ3n) is 4.32. The van der Waals surface area contributed by atoms with Crippen molar-refractivity contribution in [1.82, 2.24) is 4.98 Å². The molecule has 0 aliphatic heterocycles. The molecule has 27 heavy (non-hydrogen) atoms. The summed E-state index contributed by atoms with van der Waals surface area (Å²) in [5.41, 5.74) is 6.09. The van der Waals surface area contributed by atoms with Crippen molar-refractivity contribution in [3.8, 4) is 5.88 Å². The number of benzene rings is 1. The Balaban J connectivity index is 2.09. The average molecular weight is 370 g/mol. The maximum Gasteiger partial charge on any atom is 0.284 e. The smallest absolute Gasteiger partial charge is 0.284 e. The fourth-order valence-corrected chi connectivity index (χ4v) is 2.73. The van der Waals surface area contributed by atoms with E-state index in [1.165, 1.54) is 31.8 Å². The minimum absolute atomic E-state index is 0.0456. The van der Waals surface area contributed by atoms with E-state index in [9.17, 15) is 9.18 Å². The van der Waals surface area contributed by atoms with Gasteiger partial charge in [0.05, 0.1) is 5.52 Å². The molecular formula is C22H27FN2O2. The van der Waals surface area contributed by atoms with Crippen molar-refractivity contribution in [2.24, 2.45) is 5.73 Å². The number of primary amides is 1. The first kappa shape index (κ1) is 20.6. The Morgan fingerprint density at radius 3 is 2.70 bits per heavy atom. The highest BCUT2D eigenvalue weighted by atomic mass is 19.1. The summed E-state index contributed by atoms with van der Waals surface area (Å²) < 4.78 is 20.1. The molecular weight excluding hydrogens is 343 g/mol. The largest absolute Gasteiger partial charge is 0.433 e. The maximum atomic E-state index is 14.5. The lowest BCUT2D eigenvalue weighted by atomic mass is 10.1. The molecule has 0 unspecified atom stereocenters. The molecule has 1 amide bonds. The Labute approximate surface area is 159 Å². The van der Waals surface area contributed by atoms with Crippen LogP contribution in [0.4, 0.5) is 4.39 Å². The monoisotopic (exact) mass is 370 g/mol. The highest BCUT2D eigenvalue weighted by Gasteiger charge is 2.16. The van der Waals surface area contributed by atoms with Gasteiger partial charge in [-0.1, -0.05) is 56.9 Å². The molecule has 2 N–H and O–H groups in total. The quantitative estimate of drug-likeness (QED) is 0.265. The molecule has 0 saturated carbocycles. The molecule has 0 atom stereocenters. The molecule has 0 aliphatic carbocycles. The summed E-state index contributed by atoms with van der Waals surface area (Å²) in [6, 6.07) is 6.86. The molecule has 1 aromatic carbocycles. The number of halogens is 1. The predicted molar refractivity (Wildman–Crippen MR) is 107 cm³/mol. The van der Waals surface area contributed by atoms with Gasteiger partial charge in [0.1, 0.15) is 5.82 Å². The molecule has 0 bridgehead atoms. The number of unbranched alkanes of at least 4 members (excludes halogenated alkanes) is 5. The van der Waals surface area contributed by atoms with Gasteiger partial charge in [-0.3, -0.25) is 4.79 Å². The molecule has 0 radical (unpaired) electrons. The highest BCUT2D eigenvalue weighted by molar-refractivity contribution is 5.90. The van der Waals surface area contributed by atoms with E-state index in [0.717, 1.165) is 12.8 Å². The van der Waals surface area contributed by atoms with Crippen LogP contribution in [0.1, 0.15) is 51.0 Å². The molecule has 144 valence electrons. The second-order valence-electron chi connectivity index (χ2n) is 6.50. The Bertz CT molecular complexity index is 844. The number of aromatic nitrogens is 1. The van der Waals surface area contributed by atoms with Crippen molar-refractivity contribution in [3.63, 3.8) is 0 Å². The van der Waals surface area contributed by atoms with Crippen LogP contribution >= 0.6 is 0 Å². The lowest BCUT2D eigenvalue weighted by molar-refractivity contribution is -0.116. The van der Waals surface area contributed by atoms with Gasteiger partial charge in [-0.2, -0.15) is 0 Å². The van der Waals surface area contributed by atoms with Crippen LogP contribution in [0.15, 0.2) is 48.3 Å². The molecule has 2 rings (SSSR count). The fourth-order valence-electron chi connectivity index (χ4n) is 2.73. The van der Waals surface area contributed by atoms with Crippen LogP contribution < -0.4 is 10.5 Å². The van der Waals surface area contributed by atoms with Gasteiger partial charge in [0.2, 0.25) is 5.88 Å². The number of fused-ring (bicyclic) bond motifs is 1. The number of hydrogen-bond donors (Lipinski definition) is 1. The zero-order valence-corrected chi connectivity index (χ0v) is 16.0. The van der Waals surface area contributed by atoms with E-state index >= 15 is 0 Å². The van der Waals surface area contributed by atoms with E-state index in [1.54, 1.807) is 37.3 Å². The summed E-state index contributed by atoms with van der Waals surface area (Å²) in [7, 11) is 0. The van der Waals surface area contributed by atoms with E-state index < -0.39 is 11.7 Å². The molecule has 0 saturated heterocycles. The maximum absolute atomic E-state index is 14.5. The van der Waals surface area contributed by atoms with Gasteiger partial charge in [0.15, 0.2) is 5.76 Å². The Hall–Kier alpha value is -2.69. The summed E-state index contributed by atoms with van der Waals surface area (Å²) in [5.74, 6) is -1.16. The Morgan fingerprint density at radius 1 is 1.22 bits per heavy atom. The van der Waals surface area contributed by atoms with Crippen LogP contribution in [-0.4, -0.2) is 10.9 Å². The molecule has 2 aromatic rings. The molecule has 0 fully saturated rings. The number of amides is 1. The average Bonchev–Trinajstić information content (AvgIpc) is 2.66. The van der Waals surface area contributed by atoms with Crippen LogP contribution in [-0.2, 0) is 4.79 Å². The number of pyridine rings is 1. The van der Waals surface area contributed by atoms with Gasteiger partial charge < -0.3 is 10.5 Å². The van der Waals surface area contributed by atoms with Crippen molar-refractivity contribution >= 4 is 16.8 Å². The summed E-state index contributed by atoms with van der Waals surface area (Å²) >= 11 is 0. The number of para-hydroxylation sites is 1. The van der Waals surface area contributed by atoms with E-state index in [1.807, 2.05) is 6.08 Å². The molecule has 0 spiro atoms. The normalized spacial score (nSPS) is 12.0. The SMILES string of the molecule is CCCCCCC/C=C/C=C(/Oc1nc2ccccc2c(F)c1C)C(N)=O. The predicted octanol–water partition coefficient (Wildman–Crippen LogP) is 5.35. The van der Waals surface area contributed by atoms with Crippen molar-refractivity contribution in [2.75, 3.05) is 0 Å². The molecule has 1 heterocycles. The first-order chi connectivity index (χ1) is 13.0. The Morgan fingerprint density at radius 2 is 1.96 bits per heavy atom. The van der Waals surface area contributed by atoms with E-state index in [2.05, 4.69) is 11.9 Å². The number of rotatable bonds is 10. The van der Waals surface area contributed by atoms with Crippen LogP contribution in [0.3, 0.4) is 0 Å². The van der Waals surface area contributed by atoms with Crippen molar-refractivity contribution in [2.45, 2.75) is 52.4 Å². The summed E-state index contributed by atoms with van der Waals surface area (Å²) in [5, 5.41) is 0.412. The third kappa shape index (κ3) is 5.91. The Kier molecular flexibility index (Phi) is 7.99. The number of ether oxygens (including phenoxy) is 1. The van der Waals surface area contributed by atoms with Crippen LogP contribution in [0.2, 0.25) is 0 Å². The van der Waals surface area contributed by atoms with Crippen LogP contribution in [0.25, 0.3) is 10.9 Å². The minimum Gasteiger partial charge on any atom is -0.433 e. The topological polar surface area (TPSA) is 65.2 Å². The second-order valence-corrected chi connectivity index (χ2v) is 6.50. The van der Waals surface area contributed by atoms with Gasteiger partial charge in [0.25, 0.3) is 5.91 Å². The molecule has 1 aromatic heterocycles. The lowest BCUT2D eigenvalue weighted by Crippen LogP contribution is -2.19. The zero-order chi connectivity index (χ0) is 19.6. The van der Waals surface area contributed by atoms with Crippen molar-refractivity contribution < 1.29 is 13.9 Å². The van der Waals surface area contributed by atoms with E-state index in [0.29, 0.717) is 10.9 Å². The van der Waals surface area contributed by atoms with Gasteiger partial charge in [-0.15, -0.1) is 0 Å². The number of carbonyl (C=O) groups is 1. The third-order valence-corrected chi connectivity index (χ3v) is 4.32. The highest BCUT2D eigenvalue weighted by Crippen LogP contribution is 2.27. The van der Waals surface area contributed by atoms with Gasteiger partial charge >= 0.3 is 0 Å². The number of allylic oxidation sites excluding steroid dienone is 3. The minimum atomic E-state index is -0.725. The second kappa shape index (κ2) is 10.5. The number of carbonyl (C=O) groups excluding carboxylic acids is 1. The first-order valence-electron chi connectivity index (χ1n) is 9.44. The molecule has 4 nitrogen and oxygen atoms in total. The lowest BCUT2D eigenvalue weighted by Gasteiger charge is -2.11. The zero-order valence-electron chi connectivity index (χ0n) is 16.0. The number of nitrogens with zero attached hydrogens (tertiary/aromatic N) is 1. The van der Waals surface area contributed by atoms with Crippen molar-refractivity contribution in [3.05, 3.63) is 59.6 Å². The van der Waals surface area contributed by atoms with E-state index in [4.69, 9.17) is 10.5 Å². The van der Waals surface area contributed by atoms with Gasteiger partial charge in [0, 0.05) is 10.9 Å². The van der Waals surface area contributed by atoms with E-state index in [-0.39, 0.29) is 17.2 Å². The van der Waals surface area contributed by atoms with Crippen LogP contribution in [0.5, 0.6) is 5.88 Å². The van der Waals surface area contributed by atoms with Crippen LogP contribution in [0, 0.1) is 12.7 Å². The number of hydrogen-bond acceptors (Lipinski definition) is 3. The van der Waals surface area contributed by atoms with Gasteiger partial charge in [-0.25, -0.2) is 9.37 Å². The molecule has 5 heteroatoms. The summed E-state index contributed by atoms with van der Waals surface area (Å²) in [6.07, 6.45) is 12.2. The summed E-state index contributed by atoms with van der Waals surface area (Å²) in [6.45, 7) is 3.75. The number of nitrogens with two attached hydrogens (primary N) is 1. The fraction of sp³-hybridized carbons (Fsp3) is 0.364. The van der Waals surface area contributed by atoms with Crippen molar-refractivity contribution in [1.29, 1.82) is 0 Å². The standard InChI is InChI=1S/C22H27FN2O2/c1-3-4-5-6-7-8-9-10-15-19(21(24)26)27-22-16(2)20(23)17-13-11-12-14-18(17)25-22/h9-15H,3-8H2,1-2H3,(H2,24,26)/b10-9+,19-15+. The first-order valence-corrected chi connectivity index (χ1v) is 9.44. The summed E-state index contributed by atoms with van der Waals surface area (Å²) in [4.78, 5) is 16.0.